The predicted octanol–water partition coefficient (Wildman–Crippen LogP) is 0.0871. The molecule has 0 spiro atoms. The van der Waals surface area contributed by atoms with Crippen molar-refractivity contribution in [3.05, 3.63) is 0 Å². The summed E-state index contributed by atoms with van der Waals surface area (Å²) < 4.78 is 0. The van der Waals surface area contributed by atoms with Gasteiger partial charge in [0.1, 0.15) is 0 Å². The maximum atomic E-state index is 11.4. The highest BCUT2D eigenvalue weighted by molar-refractivity contribution is 5.78. The second-order valence-electron chi connectivity index (χ2n) is 3.50. The van der Waals surface area contributed by atoms with Crippen LogP contribution in [0.5, 0.6) is 0 Å². The van der Waals surface area contributed by atoms with Crippen molar-refractivity contribution < 1.29 is 4.79 Å². The molecule has 84 valence electrons. The summed E-state index contributed by atoms with van der Waals surface area (Å²) >= 11 is 0. The normalized spacial score (nSPS) is 12.5. The van der Waals surface area contributed by atoms with E-state index in [-0.39, 0.29) is 11.8 Å². The van der Waals surface area contributed by atoms with E-state index in [1.807, 2.05) is 13.8 Å². The predicted molar refractivity (Wildman–Crippen MR) is 59.0 cm³/mol. The Morgan fingerprint density at radius 1 is 1.43 bits per heavy atom. The van der Waals surface area contributed by atoms with E-state index in [2.05, 4.69) is 10.6 Å². The Balaban J connectivity index is 3.42. The summed E-state index contributed by atoms with van der Waals surface area (Å²) in [5.41, 5.74) is 5.35. The zero-order chi connectivity index (χ0) is 10.8. The molecule has 0 radical (unpaired) electrons. The molecule has 1 amide bonds. The Bertz CT molecular complexity index is 150. The van der Waals surface area contributed by atoms with Crippen molar-refractivity contribution in [1.82, 2.24) is 10.6 Å². The molecule has 1 atom stereocenters. The van der Waals surface area contributed by atoms with Crippen molar-refractivity contribution in [2.24, 2.45) is 11.7 Å². The third-order valence-corrected chi connectivity index (χ3v) is 2.08. The van der Waals surface area contributed by atoms with Crippen molar-refractivity contribution >= 4 is 5.91 Å². The van der Waals surface area contributed by atoms with Gasteiger partial charge in [-0.25, -0.2) is 0 Å². The molecule has 0 aromatic carbocycles. The van der Waals surface area contributed by atoms with Crippen LogP contribution < -0.4 is 16.4 Å². The van der Waals surface area contributed by atoms with E-state index >= 15 is 0 Å². The number of hydrogen-bond acceptors (Lipinski definition) is 3. The largest absolute Gasteiger partial charge is 0.356 e. The van der Waals surface area contributed by atoms with Gasteiger partial charge in [0.05, 0.1) is 0 Å². The molecule has 0 heterocycles. The average Bonchev–Trinajstić information content (AvgIpc) is 2.20. The number of hydrogen-bond donors (Lipinski definition) is 3. The molecule has 0 aliphatic carbocycles. The van der Waals surface area contributed by atoms with Crippen LogP contribution in [0.1, 0.15) is 26.7 Å². The van der Waals surface area contributed by atoms with Gasteiger partial charge in [-0.05, 0) is 25.9 Å². The highest BCUT2D eigenvalue weighted by Gasteiger charge is 2.10. The first-order chi connectivity index (χ1) is 6.72. The van der Waals surface area contributed by atoms with Crippen LogP contribution in [0.25, 0.3) is 0 Å². The van der Waals surface area contributed by atoms with E-state index in [9.17, 15) is 4.79 Å². The molecule has 0 aliphatic heterocycles. The Morgan fingerprint density at radius 2 is 2.14 bits per heavy atom. The van der Waals surface area contributed by atoms with Gasteiger partial charge in [0.25, 0.3) is 0 Å². The average molecular weight is 201 g/mol. The minimum atomic E-state index is 0.0489. The van der Waals surface area contributed by atoms with Crippen molar-refractivity contribution in [1.29, 1.82) is 0 Å². The van der Waals surface area contributed by atoms with Crippen LogP contribution in [-0.2, 0) is 4.79 Å². The molecule has 0 aromatic rings. The van der Waals surface area contributed by atoms with E-state index in [4.69, 9.17) is 5.73 Å². The zero-order valence-corrected chi connectivity index (χ0v) is 9.31. The molecule has 4 nitrogen and oxygen atoms in total. The van der Waals surface area contributed by atoms with E-state index in [0.29, 0.717) is 6.54 Å². The van der Waals surface area contributed by atoms with Crippen LogP contribution in [0.15, 0.2) is 0 Å². The van der Waals surface area contributed by atoms with Crippen molar-refractivity contribution in [3.63, 3.8) is 0 Å². The summed E-state index contributed by atoms with van der Waals surface area (Å²) in [5.74, 6) is 0.177. The molecule has 0 aliphatic rings. The minimum absolute atomic E-state index is 0.0489. The van der Waals surface area contributed by atoms with Gasteiger partial charge in [0, 0.05) is 19.0 Å². The van der Waals surface area contributed by atoms with E-state index in [1.165, 1.54) is 0 Å². The maximum absolute atomic E-state index is 11.4. The molecule has 4 heteroatoms. The fraction of sp³-hybridized carbons (Fsp3) is 0.900. The van der Waals surface area contributed by atoms with Crippen LogP contribution in [0.4, 0.5) is 0 Å². The molecular formula is C10H23N3O. The molecule has 0 saturated heterocycles. The summed E-state index contributed by atoms with van der Waals surface area (Å²) in [7, 11) is 0. The SMILES string of the molecule is CCNCC(C)C(=O)NCCCCN. The van der Waals surface area contributed by atoms with Crippen LogP contribution in [0.2, 0.25) is 0 Å². The molecule has 0 rings (SSSR count). The van der Waals surface area contributed by atoms with Crippen LogP contribution in [-0.4, -0.2) is 32.1 Å². The highest BCUT2D eigenvalue weighted by atomic mass is 16.1. The molecular weight excluding hydrogens is 178 g/mol. The number of unbranched alkanes of at least 4 members (excludes halogenated alkanes) is 1. The number of rotatable bonds is 8. The van der Waals surface area contributed by atoms with E-state index in [1.54, 1.807) is 0 Å². The molecule has 0 saturated carbocycles. The Morgan fingerprint density at radius 3 is 2.71 bits per heavy atom. The first-order valence-corrected chi connectivity index (χ1v) is 5.40. The Kier molecular flexibility index (Phi) is 8.57. The van der Waals surface area contributed by atoms with E-state index < -0.39 is 0 Å². The van der Waals surface area contributed by atoms with Crippen molar-refractivity contribution in [3.8, 4) is 0 Å². The van der Waals surface area contributed by atoms with Crippen LogP contribution in [0.3, 0.4) is 0 Å². The van der Waals surface area contributed by atoms with Gasteiger partial charge in [0.15, 0.2) is 0 Å². The number of carbonyl (C=O) groups is 1. The topological polar surface area (TPSA) is 67.2 Å². The van der Waals surface area contributed by atoms with Gasteiger partial charge in [-0.1, -0.05) is 13.8 Å². The van der Waals surface area contributed by atoms with Gasteiger partial charge < -0.3 is 16.4 Å². The highest BCUT2D eigenvalue weighted by Crippen LogP contribution is 1.92. The third-order valence-electron chi connectivity index (χ3n) is 2.08. The molecule has 14 heavy (non-hydrogen) atoms. The molecule has 0 aromatic heterocycles. The van der Waals surface area contributed by atoms with Gasteiger partial charge in [-0.3, -0.25) is 4.79 Å². The zero-order valence-electron chi connectivity index (χ0n) is 9.31. The lowest BCUT2D eigenvalue weighted by atomic mass is 10.1. The first kappa shape index (κ1) is 13.4. The first-order valence-electron chi connectivity index (χ1n) is 5.40. The smallest absolute Gasteiger partial charge is 0.224 e. The van der Waals surface area contributed by atoms with Crippen molar-refractivity contribution in [2.75, 3.05) is 26.2 Å². The lowest BCUT2D eigenvalue weighted by Crippen LogP contribution is -2.35. The summed E-state index contributed by atoms with van der Waals surface area (Å²) in [6, 6.07) is 0. The van der Waals surface area contributed by atoms with Gasteiger partial charge in [-0.15, -0.1) is 0 Å². The lowest BCUT2D eigenvalue weighted by Gasteiger charge is -2.11. The summed E-state index contributed by atoms with van der Waals surface area (Å²) in [5, 5.41) is 6.04. The number of nitrogens with two attached hydrogens (primary N) is 1. The molecule has 4 N–H and O–H groups in total. The molecule has 0 fully saturated rings. The standard InChI is InChI=1S/C10H23N3O/c1-3-12-8-9(2)10(14)13-7-5-4-6-11/h9,12H,3-8,11H2,1-2H3,(H,13,14). The molecule has 0 bridgehead atoms. The van der Waals surface area contributed by atoms with Gasteiger partial charge in [-0.2, -0.15) is 0 Å². The Labute approximate surface area is 86.6 Å². The van der Waals surface area contributed by atoms with Crippen LogP contribution >= 0.6 is 0 Å². The molecule has 1 unspecified atom stereocenters. The van der Waals surface area contributed by atoms with Gasteiger partial charge in [0.2, 0.25) is 5.91 Å². The lowest BCUT2D eigenvalue weighted by molar-refractivity contribution is -0.124. The minimum Gasteiger partial charge on any atom is -0.356 e. The second-order valence-corrected chi connectivity index (χ2v) is 3.50. The number of nitrogens with one attached hydrogen (secondary N) is 2. The number of amides is 1. The van der Waals surface area contributed by atoms with E-state index in [0.717, 1.165) is 32.5 Å². The van der Waals surface area contributed by atoms with Crippen LogP contribution in [0, 0.1) is 5.92 Å². The fourth-order valence-electron chi connectivity index (χ4n) is 1.11. The maximum Gasteiger partial charge on any atom is 0.224 e. The summed E-state index contributed by atoms with van der Waals surface area (Å²) in [6.07, 6.45) is 1.94. The third kappa shape index (κ3) is 6.86. The van der Waals surface area contributed by atoms with Gasteiger partial charge >= 0.3 is 0 Å². The quantitative estimate of drug-likeness (QED) is 0.487. The summed E-state index contributed by atoms with van der Waals surface area (Å²) in [6.45, 7) is 7.06. The fourth-order valence-corrected chi connectivity index (χ4v) is 1.11. The van der Waals surface area contributed by atoms with Crippen molar-refractivity contribution in [2.45, 2.75) is 26.7 Å². The number of carbonyl (C=O) groups excluding carboxylic acids is 1. The second kappa shape index (κ2) is 8.97. The monoisotopic (exact) mass is 201 g/mol. The summed E-state index contributed by atoms with van der Waals surface area (Å²) in [4.78, 5) is 11.4. The Hall–Kier alpha value is -0.610.